The van der Waals surface area contributed by atoms with E-state index in [1.165, 1.54) is 0 Å². The third-order valence-electron chi connectivity index (χ3n) is 2.84. The lowest BCUT2D eigenvalue weighted by Crippen LogP contribution is -2.24. The minimum Gasteiger partial charge on any atom is -0.307 e. The van der Waals surface area contributed by atoms with E-state index in [2.05, 4.69) is 6.92 Å². The fourth-order valence-corrected chi connectivity index (χ4v) is 2.62. The van der Waals surface area contributed by atoms with Crippen molar-refractivity contribution in [3.8, 4) is 10.6 Å². The molecule has 0 saturated carbocycles. The number of carbonyl (C=O) groups is 1. The Kier molecular flexibility index (Phi) is 4.10. The molecular weight excluding hydrogens is 246 g/mol. The standard InChI is InChI=1S/C14H15NO2S/c1-2-3-8-15-12(13-5-4-9-18-13)7-6-11(10-16)14(15)17/h4-7,9-10H,2-3,8H2,1H3. The van der Waals surface area contributed by atoms with Gasteiger partial charge in [0.05, 0.1) is 16.1 Å². The Balaban J connectivity index is 2.55. The van der Waals surface area contributed by atoms with Crippen LogP contribution in [0.1, 0.15) is 30.1 Å². The Morgan fingerprint density at radius 1 is 1.33 bits per heavy atom. The average Bonchev–Trinajstić information content (AvgIpc) is 2.90. The van der Waals surface area contributed by atoms with Crippen molar-refractivity contribution in [2.24, 2.45) is 0 Å². The van der Waals surface area contributed by atoms with Gasteiger partial charge in [0, 0.05) is 6.54 Å². The van der Waals surface area contributed by atoms with Crippen molar-refractivity contribution in [2.45, 2.75) is 26.3 Å². The molecule has 4 heteroatoms. The quantitative estimate of drug-likeness (QED) is 0.775. The highest BCUT2D eigenvalue weighted by molar-refractivity contribution is 7.13. The van der Waals surface area contributed by atoms with Crippen LogP contribution in [0.25, 0.3) is 10.6 Å². The number of unbranched alkanes of at least 4 members (excludes halogenated alkanes) is 1. The van der Waals surface area contributed by atoms with Crippen LogP contribution in [0.2, 0.25) is 0 Å². The number of aromatic nitrogens is 1. The SMILES string of the molecule is CCCCn1c(-c2cccs2)ccc(C=O)c1=O. The number of hydrogen-bond donors (Lipinski definition) is 0. The molecule has 0 N–H and O–H groups in total. The molecule has 0 aromatic carbocycles. The molecular formula is C14H15NO2S. The summed E-state index contributed by atoms with van der Waals surface area (Å²) in [6.07, 6.45) is 2.57. The lowest BCUT2D eigenvalue weighted by Gasteiger charge is -2.11. The van der Waals surface area contributed by atoms with Gasteiger partial charge < -0.3 is 4.57 Å². The highest BCUT2D eigenvalue weighted by Crippen LogP contribution is 2.23. The Morgan fingerprint density at radius 3 is 2.78 bits per heavy atom. The number of nitrogens with zero attached hydrogens (tertiary/aromatic N) is 1. The minimum atomic E-state index is -0.190. The van der Waals surface area contributed by atoms with E-state index in [1.807, 2.05) is 23.6 Å². The van der Waals surface area contributed by atoms with E-state index in [9.17, 15) is 9.59 Å². The molecule has 0 amide bonds. The molecule has 2 aromatic heterocycles. The molecule has 2 rings (SSSR count). The number of carbonyl (C=O) groups excluding carboxylic acids is 1. The van der Waals surface area contributed by atoms with E-state index in [0.29, 0.717) is 12.8 Å². The van der Waals surface area contributed by atoms with Crippen molar-refractivity contribution >= 4 is 17.6 Å². The van der Waals surface area contributed by atoms with Gasteiger partial charge in [-0.25, -0.2) is 0 Å². The molecule has 0 aliphatic rings. The van der Waals surface area contributed by atoms with Gasteiger partial charge in [-0.15, -0.1) is 11.3 Å². The van der Waals surface area contributed by atoms with Crippen molar-refractivity contribution in [1.82, 2.24) is 4.57 Å². The molecule has 0 bridgehead atoms. The summed E-state index contributed by atoms with van der Waals surface area (Å²) in [4.78, 5) is 24.1. The lowest BCUT2D eigenvalue weighted by molar-refractivity contribution is 0.112. The largest absolute Gasteiger partial charge is 0.307 e. The highest BCUT2D eigenvalue weighted by Gasteiger charge is 2.10. The van der Waals surface area contributed by atoms with Crippen LogP contribution in [-0.2, 0) is 6.54 Å². The molecule has 0 atom stereocenters. The molecule has 3 nitrogen and oxygen atoms in total. The summed E-state index contributed by atoms with van der Waals surface area (Å²) in [5.74, 6) is 0. The van der Waals surface area contributed by atoms with Crippen LogP contribution < -0.4 is 5.56 Å². The first-order valence-corrected chi connectivity index (χ1v) is 6.88. The first-order chi connectivity index (χ1) is 8.77. The average molecular weight is 261 g/mol. The Morgan fingerprint density at radius 2 is 2.17 bits per heavy atom. The van der Waals surface area contributed by atoms with E-state index >= 15 is 0 Å². The summed E-state index contributed by atoms with van der Waals surface area (Å²) in [5, 5.41) is 1.98. The monoisotopic (exact) mass is 261 g/mol. The molecule has 2 heterocycles. The topological polar surface area (TPSA) is 39.1 Å². The summed E-state index contributed by atoms with van der Waals surface area (Å²) < 4.78 is 1.71. The fraction of sp³-hybridized carbons (Fsp3) is 0.286. The number of rotatable bonds is 5. The Bertz CT molecular complexity index is 584. The molecule has 0 radical (unpaired) electrons. The summed E-state index contributed by atoms with van der Waals surface area (Å²) >= 11 is 1.60. The molecule has 0 aliphatic carbocycles. The van der Waals surface area contributed by atoms with Crippen LogP contribution in [0.3, 0.4) is 0 Å². The van der Waals surface area contributed by atoms with Gasteiger partial charge in [-0.2, -0.15) is 0 Å². The number of pyridine rings is 1. The van der Waals surface area contributed by atoms with Crippen molar-refractivity contribution < 1.29 is 4.79 Å². The van der Waals surface area contributed by atoms with E-state index in [0.717, 1.165) is 23.4 Å². The van der Waals surface area contributed by atoms with Gasteiger partial charge in [-0.1, -0.05) is 19.4 Å². The van der Waals surface area contributed by atoms with E-state index in [-0.39, 0.29) is 11.1 Å². The zero-order valence-electron chi connectivity index (χ0n) is 10.3. The normalized spacial score (nSPS) is 10.5. The predicted octanol–water partition coefficient (Wildman–Crippen LogP) is 3.19. The van der Waals surface area contributed by atoms with Crippen molar-refractivity contribution in [3.05, 3.63) is 45.6 Å². The third-order valence-corrected chi connectivity index (χ3v) is 3.73. The Labute approximate surface area is 110 Å². The summed E-state index contributed by atoms with van der Waals surface area (Å²) in [6.45, 7) is 2.74. The summed E-state index contributed by atoms with van der Waals surface area (Å²) in [6, 6.07) is 7.41. The van der Waals surface area contributed by atoms with E-state index < -0.39 is 0 Å². The zero-order chi connectivity index (χ0) is 13.0. The molecule has 0 aliphatic heterocycles. The fourth-order valence-electron chi connectivity index (χ4n) is 1.86. The van der Waals surface area contributed by atoms with Gasteiger partial charge in [-0.05, 0) is 30.0 Å². The molecule has 0 saturated heterocycles. The molecule has 2 aromatic rings. The Hall–Kier alpha value is -1.68. The number of thiophene rings is 1. The third kappa shape index (κ3) is 2.43. The second kappa shape index (κ2) is 5.78. The maximum atomic E-state index is 12.2. The maximum Gasteiger partial charge on any atom is 0.261 e. The molecule has 94 valence electrons. The molecule has 0 fully saturated rings. The van der Waals surface area contributed by atoms with Crippen molar-refractivity contribution in [1.29, 1.82) is 0 Å². The van der Waals surface area contributed by atoms with Gasteiger partial charge >= 0.3 is 0 Å². The predicted molar refractivity (Wildman–Crippen MR) is 74.3 cm³/mol. The van der Waals surface area contributed by atoms with Gasteiger partial charge in [0.2, 0.25) is 0 Å². The second-order valence-corrected chi connectivity index (χ2v) is 5.03. The zero-order valence-corrected chi connectivity index (χ0v) is 11.1. The van der Waals surface area contributed by atoms with E-state index in [4.69, 9.17) is 0 Å². The first-order valence-electron chi connectivity index (χ1n) is 6.00. The number of aldehydes is 1. The summed E-state index contributed by atoms with van der Waals surface area (Å²) in [7, 11) is 0. The lowest BCUT2D eigenvalue weighted by atomic mass is 10.2. The van der Waals surface area contributed by atoms with Crippen molar-refractivity contribution in [3.63, 3.8) is 0 Å². The van der Waals surface area contributed by atoms with Crippen LogP contribution in [0.4, 0.5) is 0 Å². The van der Waals surface area contributed by atoms with Gasteiger partial charge in [0.1, 0.15) is 0 Å². The van der Waals surface area contributed by atoms with Gasteiger partial charge in [-0.3, -0.25) is 9.59 Å². The first kappa shape index (κ1) is 12.8. The van der Waals surface area contributed by atoms with Crippen LogP contribution in [0, 0.1) is 0 Å². The number of hydrogen-bond acceptors (Lipinski definition) is 3. The van der Waals surface area contributed by atoms with E-state index in [1.54, 1.807) is 22.0 Å². The van der Waals surface area contributed by atoms with Crippen LogP contribution in [0.5, 0.6) is 0 Å². The molecule has 0 spiro atoms. The van der Waals surface area contributed by atoms with Gasteiger partial charge in [0.25, 0.3) is 5.56 Å². The van der Waals surface area contributed by atoms with Crippen molar-refractivity contribution in [2.75, 3.05) is 0 Å². The highest BCUT2D eigenvalue weighted by atomic mass is 32.1. The maximum absolute atomic E-state index is 12.2. The second-order valence-electron chi connectivity index (χ2n) is 4.08. The van der Waals surface area contributed by atoms with Crippen LogP contribution >= 0.6 is 11.3 Å². The smallest absolute Gasteiger partial charge is 0.261 e. The van der Waals surface area contributed by atoms with Crippen LogP contribution in [0.15, 0.2) is 34.4 Å². The summed E-state index contributed by atoms with van der Waals surface area (Å²) in [5.41, 5.74) is 0.935. The minimum absolute atomic E-state index is 0.190. The molecule has 18 heavy (non-hydrogen) atoms. The molecule has 0 unspecified atom stereocenters. The van der Waals surface area contributed by atoms with Gasteiger partial charge in [0.15, 0.2) is 6.29 Å². The van der Waals surface area contributed by atoms with Crippen LogP contribution in [-0.4, -0.2) is 10.9 Å².